The van der Waals surface area contributed by atoms with Crippen LogP contribution in [0, 0.1) is 0 Å². The first-order chi connectivity index (χ1) is 10.2. The van der Waals surface area contributed by atoms with E-state index in [0.717, 1.165) is 5.56 Å². The summed E-state index contributed by atoms with van der Waals surface area (Å²) in [6.07, 6.45) is 0.246. The van der Waals surface area contributed by atoms with E-state index in [1.165, 1.54) is 0 Å². The van der Waals surface area contributed by atoms with Gasteiger partial charge in [0.2, 0.25) is 11.7 Å². The van der Waals surface area contributed by atoms with Crippen LogP contribution in [0.1, 0.15) is 32.1 Å². The number of carbonyl (C=O) groups is 1. The summed E-state index contributed by atoms with van der Waals surface area (Å²) < 4.78 is 11.1. The number of fused-ring (bicyclic) bond motifs is 3. The Bertz CT molecular complexity index is 747. The lowest BCUT2D eigenvalue weighted by Crippen LogP contribution is -2.39. The van der Waals surface area contributed by atoms with Crippen molar-refractivity contribution in [1.82, 2.24) is 14.9 Å². The highest BCUT2D eigenvalue weighted by molar-refractivity contribution is 5.90. The summed E-state index contributed by atoms with van der Waals surface area (Å²) in [5.41, 5.74) is 12.3. The molecule has 1 aliphatic heterocycles. The van der Waals surface area contributed by atoms with Gasteiger partial charge in [0.1, 0.15) is 17.2 Å². The Kier molecular flexibility index (Phi) is 3.12. The van der Waals surface area contributed by atoms with Gasteiger partial charge in [-0.25, -0.2) is 4.79 Å². The minimum atomic E-state index is -0.532. The predicted octanol–water partition coefficient (Wildman–Crippen LogP) is 1.68. The van der Waals surface area contributed by atoms with Gasteiger partial charge in [0, 0.05) is 12.1 Å². The fourth-order valence-corrected chi connectivity index (χ4v) is 2.52. The summed E-state index contributed by atoms with van der Waals surface area (Å²) in [5.74, 6) is 1.03. The van der Waals surface area contributed by atoms with E-state index in [9.17, 15) is 4.79 Å². The number of carbonyl (C=O) groups excluding carboxylic acids is 1. The van der Waals surface area contributed by atoms with Crippen LogP contribution in [0.15, 0.2) is 4.42 Å². The molecule has 2 aromatic rings. The molecule has 0 fully saturated rings. The third-order valence-corrected chi connectivity index (χ3v) is 3.40. The number of aromatic nitrogens is 2. The Labute approximate surface area is 127 Å². The quantitative estimate of drug-likeness (QED) is 0.759. The van der Waals surface area contributed by atoms with Gasteiger partial charge in [0.15, 0.2) is 0 Å². The second-order valence-electron chi connectivity index (χ2n) is 6.30. The van der Waals surface area contributed by atoms with Crippen LogP contribution in [0.4, 0.5) is 16.6 Å². The topological polar surface area (TPSA) is 120 Å². The van der Waals surface area contributed by atoms with Crippen LogP contribution >= 0.6 is 0 Å². The highest BCUT2D eigenvalue weighted by Gasteiger charge is 2.30. The third kappa shape index (κ3) is 2.51. The lowest BCUT2D eigenvalue weighted by molar-refractivity contribution is 0.0210. The molecule has 0 aliphatic carbocycles. The Balaban J connectivity index is 1.91. The van der Waals surface area contributed by atoms with E-state index in [2.05, 4.69) is 9.97 Å². The Morgan fingerprint density at radius 2 is 2.05 bits per heavy atom. The summed E-state index contributed by atoms with van der Waals surface area (Å²) in [6.45, 7) is 6.35. The Hall–Kier alpha value is -2.51. The second-order valence-corrected chi connectivity index (χ2v) is 6.30. The van der Waals surface area contributed by atoms with Crippen LogP contribution in [0.5, 0.6) is 0 Å². The van der Waals surface area contributed by atoms with E-state index in [0.29, 0.717) is 42.2 Å². The maximum Gasteiger partial charge on any atom is 0.410 e. The molecule has 0 saturated heterocycles. The zero-order valence-corrected chi connectivity index (χ0v) is 12.8. The first kappa shape index (κ1) is 14.4. The van der Waals surface area contributed by atoms with E-state index in [-0.39, 0.29) is 12.0 Å². The molecule has 3 heterocycles. The van der Waals surface area contributed by atoms with Gasteiger partial charge < -0.3 is 25.5 Å². The maximum atomic E-state index is 12.1. The average Bonchev–Trinajstić information content (AvgIpc) is 2.73. The van der Waals surface area contributed by atoms with Gasteiger partial charge in [0.05, 0.1) is 11.9 Å². The van der Waals surface area contributed by atoms with Gasteiger partial charge in [0.25, 0.3) is 0 Å². The molecule has 4 N–H and O–H groups in total. The first-order valence-electron chi connectivity index (χ1n) is 7.06. The van der Waals surface area contributed by atoms with Crippen molar-refractivity contribution < 1.29 is 13.9 Å². The minimum Gasteiger partial charge on any atom is -0.444 e. The monoisotopic (exact) mass is 305 g/mol. The molecule has 22 heavy (non-hydrogen) atoms. The van der Waals surface area contributed by atoms with Gasteiger partial charge in [-0.1, -0.05) is 0 Å². The smallest absolute Gasteiger partial charge is 0.410 e. The largest absolute Gasteiger partial charge is 0.444 e. The molecular formula is C14H19N5O3. The summed E-state index contributed by atoms with van der Waals surface area (Å²) in [6, 6.07) is 0. The van der Waals surface area contributed by atoms with Crippen LogP contribution in [-0.4, -0.2) is 33.1 Å². The summed E-state index contributed by atoms with van der Waals surface area (Å²) in [5, 5.41) is 0.688. The first-order valence-corrected chi connectivity index (χ1v) is 7.06. The van der Waals surface area contributed by atoms with Crippen molar-refractivity contribution in [3.8, 4) is 0 Å². The number of hydrogen-bond acceptors (Lipinski definition) is 7. The summed E-state index contributed by atoms with van der Waals surface area (Å²) in [4.78, 5) is 21.8. The molecule has 2 aromatic heterocycles. The van der Waals surface area contributed by atoms with Gasteiger partial charge in [-0.3, -0.25) is 0 Å². The van der Waals surface area contributed by atoms with Crippen LogP contribution in [-0.2, 0) is 17.7 Å². The number of rotatable bonds is 0. The van der Waals surface area contributed by atoms with Crippen molar-refractivity contribution >= 4 is 29.0 Å². The number of furan rings is 1. The molecule has 1 amide bonds. The predicted molar refractivity (Wildman–Crippen MR) is 81.0 cm³/mol. The molecule has 0 radical (unpaired) electrons. The van der Waals surface area contributed by atoms with Crippen molar-refractivity contribution in [3.05, 3.63) is 11.3 Å². The van der Waals surface area contributed by atoms with Crippen molar-refractivity contribution in [1.29, 1.82) is 0 Å². The third-order valence-electron chi connectivity index (χ3n) is 3.40. The summed E-state index contributed by atoms with van der Waals surface area (Å²) in [7, 11) is 0. The molecule has 118 valence electrons. The van der Waals surface area contributed by atoms with Gasteiger partial charge in [-0.15, -0.1) is 0 Å². The highest BCUT2D eigenvalue weighted by atomic mass is 16.6. The molecule has 0 saturated carbocycles. The molecule has 1 aliphatic rings. The number of nitrogens with zero attached hydrogens (tertiary/aromatic N) is 3. The van der Waals surface area contributed by atoms with Gasteiger partial charge >= 0.3 is 6.09 Å². The number of hydrogen-bond donors (Lipinski definition) is 2. The fraction of sp³-hybridized carbons (Fsp3) is 0.500. The lowest BCUT2D eigenvalue weighted by Gasteiger charge is -2.29. The van der Waals surface area contributed by atoms with E-state index < -0.39 is 5.60 Å². The van der Waals surface area contributed by atoms with Crippen LogP contribution in [0.3, 0.4) is 0 Å². The summed E-state index contributed by atoms with van der Waals surface area (Å²) >= 11 is 0. The molecule has 3 rings (SSSR count). The molecule has 8 nitrogen and oxygen atoms in total. The van der Waals surface area contributed by atoms with Crippen molar-refractivity contribution in [2.24, 2.45) is 0 Å². The molecule has 0 bridgehead atoms. The van der Waals surface area contributed by atoms with E-state index >= 15 is 0 Å². The number of nitrogen functional groups attached to an aromatic ring is 2. The van der Waals surface area contributed by atoms with Gasteiger partial charge in [-0.2, -0.15) is 9.97 Å². The van der Waals surface area contributed by atoms with Gasteiger partial charge in [-0.05, 0) is 27.2 Å². The van der Waals surface area contributed by atoms with Crippen molar-refractivity contribution in [3.63, 3.8) is 0 Å². The van der Waals surface area contributed by atoms with Crippen LogP contribution < -0.4 is 11.5 Å². The number of amides is 1. The van der Waals surface area contributed by atoms with E-state index in [1.807, 2.05) is 20.8 Å². The fourth-order valence-electron chi connectivity index (χ4n) is 2.52. The van der Waals surface area contributed by atoms with E-state index in [1.54, 1.807) is 4.90 Å². The standard InChI is InChI=1S/C14H19N5O3/c1-14(2,3)22-13(20)19-5-4-7-8(6-19)21-11-9(7)10(15)17-12(16)18-11/h4-6H2,1-3H3,(H4,15,16,17,18). The molecule has 0 spiro atoms. The zero-order valence-electron chi connectivity index (χ0n) is 12.8. The van der Waals surface area contributed by atoms with Crippen molar-refractivity contribution in [2.75, 3.05) is 18.0 Å². The Morgan fingerprint density at radius 3 is 2.73 bits per heavy atom. The molecule has 0 aromatic carbocycles. The highest BCUT2D eigenvalue weighted by Crippen LogP contribution is 2.33. The number of ether oxygens (including phenoxy) is 1. The van der Waals surface area contributed by atoms with Crippen LogP contribution in [0.25, 0.3) is 11.1 Å². The molecule has 0 unspecified atom stereocenters. The lowest BCUT2D eigenvalue weighted by atomic mass is 10.1. The zero-order chi connectivity index (χ0) is 16.1. The van der Waals surface area contributed by atoms with Crippen molar-refractivity contribution in [2.45, 2.75) is 39.3 Å². The molecule has 0 atom stereocenters. The maximum absolute atomic E-state index is 12.1. The molecular weight excluding hydrogens is 286 g/mol. The number of nitrogens with two attached hydrogens (primary N) is 2. The number of anilines is 2. The Morgan fingerprint density at radius 1 is 1.32 bits per heavy atom. The SMILES string of the molecule is CC(C)(C)OC(=O)N1CCc2c(oc3nc(N)nc(N)c23)C1. The minimum absolute atomic E-state index is 0.0695. The average molecular weight is 305 g/mol. The normalized spacial score (nSPS) is 15.0. The van der Waals surface area contributed by atoms with Crippen LogP contribution in [0.2, 0.25) is 0 Å². The molecule has 8 heteroatoms. The second kappa shape index (κ2) is 4.75. The van der Waals surface area contributed by atoms with E-state index in [4.69, 9.17) is 20.6 Å².